The summed E-state index contributed by atoms with van der Waals surface area (Å²) in [7, 11) is 0. The van der Waals surface area contributed by atoms with E-state index in [-0.39, 0.29) is 5.91 Å². The van der Waals surface area contributed by atoms with Crippen molar-refractivity contribution < 1.29 is 9.53 Å². The first kappa shape index (κ1) is 17.3. The molecule has 5 nitrogen and oxygen atoms in total. The van der Waals surface area contributed by atoms with Crippen molar-refractivity contribution in [2.75, 3.05) is 39.3 Å². The Morgan fingerprint density at radius 3 is 2.70 bits per heavy atom. The number of amides is 1. The Morgan fingerprint density at radius 1 is 1.26 bits per heavy atom. The predicted molar refractivity (Wildman–Crippen MR) is 89.4 cm³/mol. The first-order chi connectivity index (χ1) is 11.3. The van der Waals surface area contributed by atoms with E-state index in [1.54, 1.807) is 0 Å². The molecule has 2 rings (SSSR count). The van der Waals surface area contributed by atoms with Gasteiger partial charge in [-0.15, -0.1) is 0 Å². The SMILES string of the molecule is CCCCOc1ccccc1C(=O)N1CCN(CCC#N)CC1. The van der Waals surface area contributed by atoms with Crippen LogP contribution in [0.2, 0.25) is 0 Å². The summed E-state index contributed by atoms with van der Waals surface area (Å²) in [6.45, 7) is 6.60. The number of nitriles is 1. The van der Waals surface area contributed by atoms with E-state index in [1.165, 1.54) is 0 Å². The second-order valence-electron chi connectivity index (χ2n) is 5.74. The van der Waals surface area contributed by atoms with Crippen molar-refractivity contribution in [2.24, 2.45) is 0 Å². The maximum Gasteiger partial charge on any atom is 0.257 e. The molecule has 0 aliphatic carbocycles. The number of hydrogen-bond acceptors (Lipinski definition) is 4. The first-order valence-electron chi connectivity index (χ1n) is 8.36. The smallest absolute Gasteiger partial charge is 0.257 e. The van der Waals surface area contributed by atoms with Crippen LogP contribution in [0.25, 0.3) is 0 Å². The summed E-state index contributed by atoms with van der Waals surface area (Å²) in [5, 5.41) is 8.65. The van der Waals surface area contributed by atoms with E-state index in [0.717, 1.165) is 32.5 Å². The molecular formula is C18H25N3O2. The van der Waals surface area contributed by atoms with E-state index >= 15 is 0 Å². The predicted octanol–water partition coefficient (Wildman–Crippen LogP) is 2.54. The van der Waals surface area contributed by atoms with Crippen molar-refractivity contribution in [3.63, 3.8) is 0 Å². The van der Waals surface area contributed by atoms with Crippen molar-refractivity contribution in [2.45, 2.75) is 26.2 Å². The van der Waals surface area contributed by atoms with Gasteiger partial charge in [-0.1, -0.05) is 25.5 Å². The van der Waals surface area contributed by atoms with Crippen LogP contribution in [0, 0.1) is 11.3 Å². The minimum Gasteiger partial charge on any atom is -0.493 e. The van der Waals surface area contributed by atoms with Gasteiger partial charge in [-0.2, -0.15) is 5.26 Å². The molecular weight excluding hydrogens is 290 g/mol. The van der Waals surface area contributed by atoms with Crippen LogP contribution in [0.5, 0.6) is 5.75 Å². The largest absolute Gasteiger partial charge is 0.493 e. The number of benzene rings is 1. The van der Waals surface area contributed by atoms with Crippen LogP contribution < -0.4 is 4.74 Å². The molecule has 0 spiro atoms. The minimum absolute atomic E-state index is 0.0389. The quantitative estimate of drug-likeness (QED) is 0.726. The molecule has 0 atom stereocenters. The topological polar surface area (TPSA) is 56.6 Å². The number of unbranched alkanes of at least 4 members (excludes halogenated alkanes) is 1. The monoisotopic (exact) mass is 315 g/mol. The van der Waals surface area contributed by atoms with E-state index in [4.69, 9.17) is 10.00 Å². The average Bonchev–Trinajstić information content (AvgIpc) is 2.60. The third-order valence-electron chi connectivity index (χ3n) is 4.07. The highest BCUT2D eigenvalue weighted by molar-refractivity contribution is 5.97. The molecule has 124 valence electrons. The van der Waals surface area contributed by atoms with Gasteiger partial charge in [0.1, 0.15) is 5.75 Å². The molecule has 0 bridgehead atoms. The first-order valence-corrected chi connectivity index (χ1v) is 8.36. The molecule has 0 unspecified atom stereocenters. The molecule has 0 radical (unpaired) electrons. The number of hydrogen-bond donors (Lipinski definition) is 0. The summed E-state index contributed by atoms with van der Waals surface area (Å²) in [6, 6.07) is 9.65. The fourth-order valence-corrected chi connectivity index (χ4v) is 2.65. The Morgan fingerprint density at radius 2 is 2.00 bits per heavy atom. The number of piperazine rings is 1. The van der Waals surface area contributed by atoms with Crippen molar-refractivity contribution in [3.8, 4) is 11.8 Å². The van der Waals surface area contributed by atoms with E-state index in [1.807, 2.05) is 29.2 Å². The highest BCUT2D eigenvalue weighted by Gasteiger charge is 2.23. The Balaban J connectivity index is 1.94. The fourth-order valence-electron chi connectivity index (χ4n) is 2.65. The zero-order chi connectivity index (χ0) is 16.5. The van der Waals surface area contributed by atoms with Gasteiger partial charge >= 0.3 is 0 Å². The maximum absolute atomic E-state index is 12.7. The molecule has 1 saturated heterocycles. The molecule has 1 aliphatic rings. The average molecular weight is 315 g/mol. The Hall–Kier alpha value is -2.06. The van der Waals surface area contributed by atoms with E-state index < -0.39 is 0 Å². The van der Waals surface area contributed by atoms with Crippen LogP contribution in [0.15, 0.2) is 24.3 Å². The summed E-state index contributed by atoms with van der Waals surface area (Å²) >= 11 is 0. The molecule has 1 fully saturated rings. The van der Waals surface area contributed by atoms with Gasteiger partial charge in [0.2, 0.25) is 0 Å². The second-order valence-corrected chi connectivity index (χ2v) is 5.74. The highest BCUT2D eigenvalue weighted by atomic mass is 16.5. The van der Waals surface area contributed by atoms with E-state index in [2.05, 4.69) is 17.9 Å². The number of carbonyl (C=O) groups is 1. The van der Waals surface area contributed by atoms with Crippen molar-refractivity contribution >= 4 is 5.91 Å². The Kier molecular flexibility index (Phi) is 6.89. The molecule has 1 amide bonds. The number of carbonyl (C=O) groups excluding carboxylic acids is 1. The number of nitrogens with zero attached hydrogens (tertiary/aromatic N) is 3. The van der Waals surface area contributed by atoms with Gasteiger partial charge in [0.05, 0.1) is 18.2 Å². The fraction of sp³-hybridized carbons (Fsp3) is 0.556. The molecule has 5 heteroatoms. The minimum atomic E-state index is 0.0389. The summed E-state index contributed by atoms with van der Waals surface area (Å²) in [5.41, 5.74) is 0.647. The molecule has 1 heterocycles. The molecule has 1 aromatic rings. The van der Waals surface area contributed by atoms with Crippen molar-refractivity contribution in [1.82, 2.24) is 9.80 Å². The molecule has 0 aromatic heterocycles. The molecule has 0 saturated carbocycles. The summed E-state index contributed by atoms with van der Waals surface area (Å²) < 4.78 is 5.77. The zero-order valence-electron chi connectivity index (χ0n) is 13.8. The summed E-state index contributed by atoms with van der Waals surface area (Å²) in [6.07, 6.45) is 2.60. The van der Waals surface area contributed by atoms with Gasteiger partial charge in [0, 0.05) is 39.1 Å². The number of rotatable bonds is 7. The third kappa shape index (κ3) is 4.97. The lowest BCUT2D eigenvalue weighted by atomic mass is 10.1. The van der Waals surface area contributed by atoms with Crippen LogP contribution in [0.1, 0.15) is 36.5 Å². The summed E-state index contributed by atoms with van der Waals surface area (Å²) in [5.74, 6) is 0.717. The van der Waals surface area contributed by atoms with Crippen LogP contribution >= 0.6 is 0 Å². The van der Waals surface area contributed by atoms with Crippen molar-refractivity contribution in [1.29, 1.82) is 5.26 Å². The van der Waals surface area contributed by atoms with Crippen LogP contribution in [0.3, 0.4) is 0 Å². The van der Waals surface area contributed by atoms with E-state index in [0.29, 0.717) is 37.4 Å². The molecule has 0 N–H and O–H groups in total. The second kappa shape index (κ2) is 9.16. The standard InChI is InChI=1S/C18H25N3O2/c1-2-3-15-23-17-8-5-4-7-16(17)18(22)21-13-11-20(12-14-21)10-6-9-19/h4-5,7-8H,2-3,6,10-15H2,1H3. The lowest BCUT2D eigenvalue weighted by Gasteiger charge is -2.34. The van der Waals surface area contributed by atoms with Crippen LogP contribution in [-0.4, -0.2) is 55.0 Å². The lowest BCUT2D eigenvalue weighted by Crippen LogP contribution is -2.48. The van der Waals surface area contributed by atoms with Gasteiger partial charge in [0.15, 0.2) is 0 Å². The molecule has 23 heavy (non-hydrogen) atoms. The molecule has 1 aliphatic heterocycles. The van der Waals surface area contributed by atoms with Gasteiger partial charge in [-0.05, 0) is 18.6 Å². The maximum atomic E-state index is 12.7. The third-order valence-corrected chi connectivity index (χ3v) is 4.07. The van der Waals surface area contributed by atoms with E-state index in [9.17, 15) is 4.79 Å². The Labute approximate surface area is 138 Å². The Bertz CT molecular complexity index is 545. The highest BCUT2D eigenvalue weighted by Crippen LogP contribution is 2.21. The normalized spacial score (nSPS) is 15.2. The van der Waals surface area contributed by atoms with Gasteiger partial charge in [-0.25, -0.2) is 0 Å². The number of ether oxygens (including phenoxy) is 1. The number of para-hydroxylation sites is 1. The van der Waals surface area contributed by atoms with Gasteiger partial charge in [0.25, 0.3) is 5.91 Å². The van der Waals surface area contributed by atoms with Crippen molar-refractivity contribution in [3.05, 3.63) is 29.8 Å². The van der Waals surface area contributed by atoms with Crippen LogP contribution in [-0.2, 0) is 0 Å². The van der Waals surface area contributed by atoms with Gasteiger partial charge < -0.3 is 9.64 Å². The molecule has 1 aromatic carbocycles. The lowest BCUT2D eigenvalue weighted by molar-refractivity contribution is 0.0635. The zero-order valence-corrected chi connectivity index (χ0v) is 13.8. The van der Waals surface area contributed by atoms with Gasteiger partial charge in [-0.3, -0.25) is 9.69 Å². The van der Waals surface area contributed by atoms with Crippen LogP contribution in [0.4, 0.5) is 0 Å². The summed E-state index contributed by atoms with van der Waals surface area (Å²) in [4.78, 5) is 16.9.